The van der Waals surface area contributed by atoms with Crippen LogP contribution in [0.5, 0.6) is 0 Å². The first-order valence-corrected chi connectivity index (χ1v) is 7.94. The summed E-state index contributed by atoms with van der Waals surface area (Å²) in [7, 11) is 0. The monoisotopic (exact) mass is 389 g/mol. The molecule has 1 heterocycles. The number of alkyl halides is 3. The predicted molar refractivity (Wildman–Crippen MR) is 89.7 cm³/mol. The molecule has 9 heteroatoms. The van der Waals surface area contributed by atoms with Crippen LogP contribution >= 0.6 is 11.6 Å². The third-order valence-electron chi connectivity index (χ3n) is 3.86. The van der Waals surface area contributed by atoms with Crippen molar-refractivity contribution in [2.75, 3.05) is 4.90 Å². The summed E-state index contributed by atoms with van der Waals surface area (Å²) in [5.74, 6) is -1.87. The Hall–Kier alpha value is -2.19. The second-order valence-electron chi connectivity index (χ2n) is 5.85. The van der Waals surface area contributed by atoms with Gasteiger partial charge in [0.05, 0.1) is 24.7 Å². The lowest BCUT2D eigenvalue weighted by Gasteiger charge is -2.34. The smallest absolute Gasteiger partial charge is 0.324 e. The highest BCUT2D eigenvalue weighted by atomic mass is 35.5. The number of fused-ring (bicyclic) bond motifs is 1. The van der Waals surface area contributed by atoms with Gasteiger partial charge in [-0.25, -0.2) is 13.8 Å². The van der Waals surface area contributed by atoms with Gasteiger partial charge >= 0.3 is 6.18 Å². The number of benzene rings is 2. The molecule has 138 valence electrons. The van der Waals surface area contributed by atoms with Crippen LogP contribution in [0.3, 0.4) is 0 Å². The SMILES string of the molecule is N[C@@H](CC(F)(F)F)C1=Nc2cccc(Cl)c2CN1c1cc(F)cc(F)c1. The summed E-state index contributed by atoms with van der Waals surface area (Å²) in [6, 6.07) is 5.96. The minimum atomic E-state index is -4.52. The van der Waals surface area contributed by atoms with Gasteiger partial charge in [-0.1, -0.05) is 17.7 Å². The highest BCUT2D eigenvalue weighted by molar-refractivity contribution is 6.32. The largest absolute Gasteiger partial charge is 0.391 e. The van der Waals surface area contributed by atoms with Crippen molar-refractivity contribution in [3.63, 3.8) is 0 Å². The molecule has 0 aromatic heterocycles. The Bertz CT molecular complexity index is 846. The van der Waals surface area contributed by atoms with Crippen molar-refractivity contribution < 1.29 is 22.0 Å². The van der Waals surface area contributed by atoms with Gasteiger partial charge < -0.3 is 10.6 Å². The van der Waals surface area contributed by atoms with E-state index in [0.29, 0.717) is 22.3 Å². The molecule has 0 saturated heterocycles. The number of aliphatic imine (C=N–C) groups is 1. The molecule has 0 aliphatic carbocycles. The molecule has 2 aromatic rings. The number of halogens is 6. The van der Waals surface area contributed by atoms with Gasteiger partial charge in [-0.05, 0) is 24.3 Å². The van der Waals surface area contributed by atoms with E-state index in [1.54, 1.807) is 18.2 Å². The highest BCUT2D eigenvalue weighted by Crippen LogP contribution is 2.36. The van der Waals surface area contributed by atoms with Crippen LogP contribution in [-0.2, 0) is 6.54 Å². The van der Waals surface area contributed by atoms with Crippen molar-refractivity contribution in [3.8, 4) is 0 Å². The van der Waals surface area contributed by atoms with Crippen LogP contribution in [-0.4, -0.2) is 18.1 Å². The Balaban J connectivity index is 2.10. The Morgan fingerprint density at radius 1 is 1.15 bits per heavy atom. The summed E-state index contributed by atoms with van der Waals surface area (Å²) in [6.45, 7) is -0.0116. The van der Waals surface area contributed by atoms with Crippen LogP contribution in [0.2, 0.25) is 5.02 Å². The normalized spacial score (nSPS) is 15.5. The van der Waals surface area contributed by atoms with E-state index in [9.17, 15) is 22.0 Å². The second-order valence-corrected chi connectivity index (χ2v) is 6.25. The molecule has 0 radical (unpaired) electrons. The highest BCUT2D eigenvalue weighted by Gasteiger charge is 2.36. The Morgan fingerprint density at radius 2 is 1.81 bits per heavy atom. The molecule has 26 heavy (non-hydrogen) atoms. The van der Waals surface area contributed by atoms with Crippen LogP contribution in [0, 0.1) is 11.6 Å². The number of anilines is 1. The lowest BCUT2D eigenvalue weighted by atomic mass is 10.1. The van der Waals surface area contributed by atoms with Crippen molar-refractivity contribution in [2.45, 2.75) is 25.2 Å². The minimum absolute atomic E-state index is 0.00412. The quantitative estimate of drug-likeness (QED) is 0.755. The van der Waals surface area contributed by atoms with Crippen molar-refractivity contribution in [1.82, 2.24) is 0 Å². The molecule has 0 saturated carbocycles. The fourth-order valence-corrected chi connectivity index (χ4v) is 3.00. The van der Waals surface area contributed by atoms with Crippen LogP contribution < -0.4 is 10.6 Å². The molecule has 1 aliphatic rings. The number of hydrogen-bond donors (Lipinski definition) is 1. The Labute approximate surface area is 150 Å². The van der Waals surface area contributed by atoms with E-state index in [2.05, 4.69) is 4.99 Å². The molecule has 3 nitrogen and oxygen atoms in total. The molecule has 3 rings (SSSR count). The average molecular weight is 390 g/mol. The summed E-state index contributed by atoms with van der Waals surface area (Å²) < 4.78 is 65.6. The summed E-state index contributed by atoms with van der Waals surface area (Å²) in [5, 5.41) is 0.344. The third-order valence-corrected chi connectivity index (χ3v) is 4.22. The molecule has 0 spiro atoms. The fraction of sp³-hybridized carbons (Fsp3) is 0.235. The molecule has 1 aliphatic heterocycles. The molecule has 0 unspecified atom stereocenters. The van der Waals surface area contributed by atoms with Crippen LogP contribution in [0.1, 0.15) is 12.0 Å². The average Bonchev–Trinajstić information content (AvgIpc) is 2.51. The van der Waals surface area contributed by atoms with E-state index >= 15 is 0 Å². The van der Waals surface area contributed by atoms with Crippen LogP contribution in [0.4, 0.5) is 33.3 Å². The van der Waals surface area contributed by atoms with Gasteiger partial charge in [0, 0.05) is 22.3 Å². The molecule has 0 fully saturated rings. The molecule has 2 aromatic carbocycles. The number of amidine groups is 1. The standard InChI is InChI=1S/C17H13ClF5N3/c18-13-2-1-3-15-12(13)8-26(11-5-9(19)4-10(20)6-11)16(25-15)14(24)7-17(21,22)23/h1-6,14H,7-8,24H2/t14-/m0/s1. The summed E-state index contributed by atoms with van der Waals surface area (Å²) in [6.07, 6.45) is -5.84. The summed E-state index contributed by atoms with van der Waals surface area (Å²) in [4.78, 5) is 5.44. The first-order chi connectivity index (χ1) is 12.1. The second kappa shape index (κ2) is 6.85. The van der Waals surface area contributed by atoms with Crippen LogP contribution in [0.15, 0.2) is 41.4 Å². The number of hydrogen-bond acceptors (Lipinski definition) is 3. The van der Waals surface area contributed by atoms with Gasteiger partial charge in [0.15, 0.2) is 0 Å². The molecular formula is C17H13ClF5N3. The molecule has 1 atom stereocenters. The lowest BCUT2D eigenvalue weighted by Crippen LogP contribution is -2.47. The topological polar surface area (TPSA) is 41.6 Å². The zero-order chi connectivity index (χ0) is 19.1. The van der Waals surface area contributed by atoms with Gasteiger partial charge in [0.1, 0.15) is 17.5 Å². The van der Waals surface area contributed by atoms with Crippen LogP contribution in [0.25, 0.3) is 0 Å². The maximum Gasteiger partial charge on any atom is 0.391 e. The lowest BCUT2D eigenvalue weighted by molar-refractivity contribution is -0.135. The van der Waals surface area contributed by atoms with Gasteiger partial charge in [-0.2, -0.15) is 13.2 Å². The van der Waals surface area contributed by atoms with E-state index in [-0.39, 0.29) is 18.1 Å². The number of rotatable bonds is 3. The Kier molecular flexibility index (Phi) is 4.90. The summed E-state index contributed by atoms with van der Waals surface area (Å²) in [5.41, 5.74) is 6.63. The van der Waals surface area contributed by atoms with Gasteiger partial charge in [-0.15, -0.1) is 0 Å². The Morgan fingerprint density at radius 3 is 2.42 bits per heavy atom. The van der Waals surface area contributed by atoms with E-state index in [1.807, 2.05) is 0 Å². The first kappa shape index (κ1) is 18.6. The number of nitrogens with two attached hydrogens (primary N) is 1. The molecule has 0 amide bonds. The van der Waals surface area contributed by atoms with E-state index < -0.39 is 30.3 Å². The summed E-state index contributed by atoms with van der Waals surface area (Å²) >= 11 is 6.14. The zero-order valence-corrected chi connectivity index (χ0v) is 14.0. The van der Waals surface area contributed by atoms with Crippen molar-refractivity contribution in [3.05, 3.63) is 58.6 Å². The maximum atomic E-state index is 13.6. The zero-order valence-electron chi connectivity index (χ0n) is 13.2. The minimum Gasteiger partial charge on any atom is -0.324 e. The third kappa shape index (κ3) is 3.96. The van der Waals surface area contributed by atoms with E-state index in [1.165, 1.54) is 4.90 Å². The van der Waals surface area contributed by atoms with Gasteiger partial charge in [0.25, 0.3) is 0 Å². The predicted octanol–water partition coefficient (Wildman–Crippen LogP) is 4.95. The number of nitrogens with zero attached hydrogens (tertiary/aromatic N) is 2. The fourth-order valence-electron chi connectivity index (χ4n) is 2.77. The first-order valence-electron chi connectivity index (χ1n) is 7.56. The molecular weight excluding hydrogens is 377 g/mol. The molecule has 2 N–H and O–H groups in total. The van der Waals surface area contributed by atoms with Gasteiger partial charge in [-0.3, -0.25) is 0 Å². The van der Waals surface area contributed by atoms with Crippen molar-refractivity contribution in [1.29, 1.82) is 0 Å². The van der Waals surface area contributed by atoms with Crippen molar-refractivity contribution in [2.24, 2.45) is 10.7 Å². The van der Waals surface area contributed by atoms with E-state index in [0.717, 1.165) is 12.1 Å². The maximum absolute atomic E-state index is 13.6. The van der Waals surface area contributed by atoms with Crippen molar-refractivity contribution >= 4 is 28.8 Å². The molecule has 0 bridgehead atoms. The van der Waals surface area contributed by atoms with Gasteiger partial charge in [0.2, 0.25) is 0 Å². The van der Waals surface area contributed by atoms with E-state index in [4.69, 9.17) is 17.3 Å².